The third-order valence-electron chi connectivity index (χ3n) is 2.04. The number of unbranched alkanes of at least 4 members (excludes halogenated alkanes) is 1. The average molecular weight is 264 g/mol. The Balaban J connectivity index is 3.49. The number of rotatable bonds is 13. The fourth-order valence-corrected chi connectivity index (χ4v) is 1.10. The molecule has 0 aromatic rings. The van der Waals surface area contributed by atoms with Crippen LogP contribution in [0.1, 0.15) is 26.7 Å². The second-order valence-electron chi connectivity index (χ2n) is 3.57. The zero-order valence-electron chi connectivity index (χ0n) is 11.2. The molecule has 0 aliphatic heterocycles. The lowest BCUT2D eigenvalue weighted by Gasteiger charge is -2.14. The van der Waals surface area contributed by atoms with Crippen LogP contribution in [-0.2, 0) is 23.7 Å². The standard InChI is InChI=1S/C12H24O6/c1-3-5-6-17-12(11(13)14)18-10-9-16-8-7-15-4-2/h12H,3-10H2,1-2H3,(H,13,14). The first-order valence-electron chi connectivity index (χ1n) is 6.33. The van der Waals surface area contributed by atoms with E-state index in [0.717, 1.165) is 12.8 Å². The van der Waals surface area contributed by atoms with Crippen LogP contribution in [0.25, 0.3) is 0 Å². The fourth-order valence-electron chi connectivity index (χ4n) is 1.10. The van der Waals surface area contributed by atoms with Crippen LogP contribution in [0.2, 0.25) is 0 Å². The summed E-state index contributed by atoms with van der Waals surface area (Å²) in [5.74, 6) is -1.11. The first-order valence-corrected chi connectivity index (χ1v) is 6.33. The van der Waals surface area contributed by atoms with Gasteiger partial charge in [-0.2, -0.15) is 0 Å². The van der Waals surface area contributed by atoms with Crippen molar-refractivity contribution in [3.8, 4) is 0 Å². The van der Waals surface area contributed by atoms with Crippen LogP contribution in [0, 0.1) is 0 Å². The van der Waals surface area contributed by atoms with Gasteiger partial charge in [0.15, 0.2) is 0 Å². The van der Waals surface area contributed by atoms with E-state index >= 15 is 0 Å². The minimum Gasteiger partial charge on any atom is -0.477 e. The molecule has 0 aromatic heterocycles. The van der Waals surface area contributed by atoms with E-state index < -0.39 is 12.3 Å². The molecule has 1 unspecified atom stereocenters. The van der Waals surface area contributed by atoms with Crippen LogP contribution < -0.4 is 0 Å². The van der Waals surface area contributed by atoms with Crippen molar-refractivity contribution in [2.45, 2.75) is 33.0 Å². The first kappa shape index (κ1) is 17.3. The highest BCUT2D eigenvalue weighted by Gasteiger charge is 2.17. The highest BCUT2D eigenvalue weighted by atomic mass is 16.7. The summed E-state index contributed by atoms with van der Waals surface area (Å²) in [4.78, 5) is 10.8. The Bertz CT molecular complexity index is 197. The summed E-state index contributed by atoms with van der Waals surface area (Å²) in [6.45, 7) is 6.49. The summed E-state index contributed by atoms with van der Waals surface area (Å²) in [7, 11) is 0. The number of ether oxygens (including phenoxy) is 4. The van der Waals surface area contributed by atoms with Gasteiger partial charge in [0.1, 0.15) is 0 Å². The third kappa shape index (κ3) is 10.5. The molecule has 0 rings (SSSR count). The molecular formula is C12H24O6. The van der Waals surface area contributed by atoms with Gasteiger partial charge in [-0.15, -0.1) is 0 Å². The van der Waals surface area contributed by atoms with Crippen molar-refractivity contribution < 1.29 is 28.8 Å². The van der Waals surface area contributed by atoms with Crippen molar-refractivity contribution in [3.05, 3.63) is 0 Å². The van der Waals surface area contributed by atoms with E-state index in [-0.39, 0.29) is 6.61 Å². The number of hydrogen-bond acceptors (Lipinski definition) is 5. The van der Waals surface area contributed by atoms with Gasteiger partial charge >= 0.3 is 5.97 Å². The molecule has 0 radical (unpaired) electrons. The van der Waals surface area contributed by atoms with Crippen molar-refractivity contribution >= 4 is 5.97 Å². The number of carboxylic acid groups (broad SMARTS) is 1. The van der Waals surface area contributed by atoms with Crippen LogP contribution in [0.3, 0.4) is 0 Å². The van der Waals surface area contributed by atoms with Gasteiger partial charge in [-0.1, -0.05) is 13.3 Å². The molecule has 0 aliphatic rings. The molecule has 0 aromatic carbocycles. The predicted octanol–water partition coefficient (Wildman–Crippen LogP) is 1.28. The molecule has 18 heavy (non-hydrogen) atoms. The first-order chi connectivity index (χ1) is 8.72. The number of aliphatic carboxylic acids is 1. The lowest BCUT2D eigenvalue weighted by atomic mass is 10.4. The van der Waals surface area contributed by atoms with E-state index in [1.807, 2.05) is 13.8 Å². The van der Waals surface area contributed by atoms with E-state index in [4.69, 9.17) is 24.1 Å². The van der Waals surface area contributed by atoms with Gasteiger partial charge in [-0.3, -0.25) is 0 Å². The van der Waals surface area contributed by atoms with Gasteiger partial charge in [0.2, 0.25) is 0 Å². The zero-order chi connectivity index (χ0) is 13.6. The summed E-state index contributed by atoms with van der Waals surface area (Å²) in [5, 5.41) is 8.83. The molecule has 0 bridgehead atoms. The van der Waals surface area contributed by atoms with E-state index in [1.54, 1.807) is 0 Å². The van der Waals surface area contributed by atoms with Gasteiger partial charge in [0, 0.05) is 6.61 Å². The lowest BCUT2D eigenvalue weighted by molar-refractivity contribution is -0.192. The summed E-state index contributed by atoms with van der Waals surface area (Å²) in [6, 6.07) is 0. The molecule has 0 saturated carbocycles. The molecule has 1 N–H and O–H groups in total. The number of hydrogen-bond donors (Lipinski definition) is 1. The van der Waals surface area contributed by atoms with Gasteiger partial charge in [0.25, 0.3) is 6.29 Å². The Morgan fingerprint density at radius 1 is 1.00 bits per heavy atom. The molecule has 0 fully saturated rings. The molecule has 0 aliphatic carbocycles. The Morgan fingerprint density at radius 2 is 1.61 bits per heavy atom. The van der Waals surface area contributed by atoms with Crippen LogP contribution >= 0.6 is 0 Å². The van der Waals surface area contributed by atoms with Crippen molar-refractivity contribution in [3.63, 3.8) is 0 Å². The quantitative estimate of drug-likeness (QED) is 0.399. The molecular weight excluding hydrogens is 240 g/mol. The topological polar surface area (TPSA) is 74.2 Å². The van der Waals surface area contributed by atoms with Crippen molar-refractivity contribution in [1.82, 2.24) is 0 Å². The lowest BCUT2D eigenvalue weighted by Crippen LogP contribution is -2.29. The van der Waals surface area contributed by atoms with E-state index in [2.05, 4.69) is 0 Å². The van der Waals surface area contributed by atoms with Gasteiger partial charge < -0.3 is 24.1 Å². The Labute approximate surface area is 108 Å². The van der Waals surface area contributed by atoms with Crippen molar-refractivity contribution in [1.29, 1.82) is 0 Å². The van der Waals surface area contributed by atoms with Gasteiger partial charge in [-0.25, -0.2) is 4.79 Å². The third-order valence-corrected chi connectivity index (χ3v) is 2.04. The molecule has 6 heteroatoms. The van der Waals surface area contributed by atoms with E-state index in [9.17, 15) is 4.79 Å². The second-order valence-corrected chi connectivity index (χ2v) is 3.57. The summed E-state index contributed by atoms with van der Waals surface area (Å²) in [5.41, 5.74) is 0. The van der Waals surface area contributed by atoms with E-state index in [1.165, 1.54) is 0 Å². The van der Waals surface area contributed by atoms with Gasteiger partial charge in [0.05, 0.1) is 33.0 Å². The summed E-state index contributed by atoms with van der Waals surface area (Å²) in [6.07, 6.45) is 0.567. The highest BCUT2D eigenvalue weighted by molar-refractivity contribution is 5.70. The van der Waals surface area contributed by atoms with E-state index in [0.29, 0.717) is 33.0 Å². The number of carbonyl (C=O) groups is 1. The monoisotopic (exact) mass is 264 g/mol. The van der Waals surface area contributed by atoms with Crippen LogP contribution in [0.4, 0.5) is 0 Å². The van der Waals surface area contributed by atoms with Gasteiger partial charge in [-0.05, 0) is 13.3 Å². The zero-order valence-corrected chi connectivity index (χ0v) is 11.2. The Kier molecular flexibility index (Phi) is 12.3. The smallest absolute Gasteiger partial charge is 0.361 e. The fraction of sp³-hybridized carbons (Fsp3) is 0.917. The molecule has 0 amide bonds. The van der Waals surface area contributed by atoms with Crippen molar-refractivity contribution in [2.75, 3.05) is 39.6 Å². The largest absolute Gasteiger partial charge is 0.477 e. The SMILES string of the molecule is CCCCOC(OCCOCCOCC)C(=O)O. The predicted molar refractivity (Wildman–Crippen MR) is 65.5 cm³/mol. The molecule has 6 nitrogen and oxygen atoms in total. The maximum atomic E-state index is 10.8. The summed E-state index contributed by atoms with van der Waals surface area (Å²) < 4.78 is 20.4. The second kappa shape index (κ2) is 12.8. The minimum atomic E-state index is -1.20. The average Bonchev–Trinajstić information content (AvgIpc) is 2.35. The Morgan fingerprint density at radius 3 is 2.22 bits per heavy atom. The number of carboxylic acids is 1. The normalized spacial score (nSPS) is 12.6. The molecule has 0 saturated heterocycles. The molecule has 0 spiro atoms. The van der Waals surface area contributed by atoms with Crippen LogP contribution in [0.5, 0.6) is 0 Å². The molecule has 1 atom stereocenters. The van der Waals surface area contributed by atoms with Crippen LogP contribution in [0.15, 0.2) is 0 Å². The molecule has 0 heterocycles. The maximum Gasteiger partial charge on any atom is 0.361 e. The van der Waals surface area contributed by atoms with Crippen LogP contribution in [-0.4, -0.2) is 57.0 Å². The highest BCUT2D eigenvalue weighted by Crippen LogP contribution is 1.98. The van der Waals surface area contributed by atoms with Crippen molar-refractivity contribution in [2.24, 2.45) is 0 Å². The Hall–Kier alpha value is -0.690. The summed E-state index contributed by atoms with van der Waals surface area (Å²) >= 11 is 0. The minimum absolute atomic E-state index is 0.190. The molecule has 108 valence electrons. The maximum absolute atomic E-state index is 10.8.